The third-order valence-electron chi connectivity index (χ3n) is 4.21. The van der Waals surface area contributed by atoms with E-state index in [1.165, 1.54) is 0 Å². The van der Waals surface area contributed by atoms with Gasteiger partial charge in [0, 0.05) is 5.56 Å². The minimum absolute atomic E-state index is 0.168. The van der Waals surface area contributed by atoms with Crippen molar-refractivity contribution in [1.29, 1.82) is 0 Å². The summed E-state index contributed by atoms with van der Waals surface area (Å²) < 4.78 is 12.0. The molecule has 1 amide bonds. The number of nitrogens with zero attached hydrogens (tertiary/aromatic N) is 1. The lowest BCUT2D eigenvalue weighted by Gasteiger charge is -2.12. The summed E-state index contributed by atoms with van der Waals surface area (Å²) in [5.74, 6) is 0.699. The summed E-state index contributed by atoms with van der Waals surface area (Å²) in [6.45, 7) is -0.168. The SMILES string of the molecule is COc1ccc(-c2nc3ccccc3s2)cc1NC(=O)COc1ccccc1Cl. The lowest BCUT2D eigenvalue weighted by Crippen LogP contribution is -2.20. The summed E-state index contributed by atoms with van der Waals surface area (Å²) in [6, 6.07) is 20.6. The summed E-state index contributed by atoms with van der Waals surface area (Å²) in [7, 11) is 1.56. The van der Waals surface area contributed by atoms with Gasteiger partial charge in [-0.05, 0) is 42.5 Å². The molecule has 0 saturated carbocycles. The maximum absolute atomic E-state index is 12.4. The first-order valence-corrected chi connectivity index (χ1v) is 10.0. The number of thiazole rings is 1. The number of fused-ring (bicyclic) bond motifs is 1. The molecule has 0 radical (unpaired) electrons. The quantitative estimate of drug-likeness (QED) is 0.435. The van der Waals surface area contributed by atoms with Gasteiger partial charge < -0.3 is 14.8 Å². The number of carbonyl (C=O) groups is 1. The average Bonchev–Trinajstić information content (AvgIpc) is 3.17. The second-order valence-corrected chi connectivity index (χ2v) is 7.61. The summed E-state index contributed by atoms with van der Waals surface area (Å²) >= 11 is 7.65. The van der Waals surface area contributed by atoms with Crippen molar-refractivity contribution in [3.63, 3.8) is 0 Å². The smallest absolute Gasteiger partial charge is 0.262 e. The van der Waals surface area contributed by atoms with E-state index in [1.807, 2.05) is 42.5 Å². The van der Waals surface area contributed by atoms with Crippen LogP contribution in [0, 0.1) is 0 Å². The predicted molar refractivity (Wildman–Crippen MR) is 117 cm³/mol. The fourth-order valence-electron chi connectivity index (χ4n) is 2.83. The third kappa shape index (κ3) is 4.34. The number of rotatable bonds is 6. The number of halogens is 1. The molecule has 0 bridgehead atoms. The number of ether oxygens (including phenoxy) is 2. The highest BCUT2D eigenvalue weighted by Crippen LogP contribution is 2.34. The lowest BCUT2D eigenvalue weighted by molar-refractivity contribution is -0.118. The first-order valence-electron chi connectivity index (χ1n) is 8.85. The Bertz CT molecular complexity index is 1140. The van der Waals surface area contributed by atoms with E-state index in [0.717, 1.165) is 20.8 Å². The van der Waals surface area contributed by atoms with Crippen LogP contribution >= 0.6 is 22.9 Å². The van der Waals surface area contributed by atoms with E-state index in [9.17, 15) is 4.79 Å². The molecule has 1 heterocycles. The van der Waals surface area contributed by atoms with Crippen LogP contribution in [0.2, 0.25) is 5.02 Å². The number of nitrogens with one attached hydrogen (secondary N) is 1. The molecule has 7 heteroatoms. The summed E-state index contributed by atoms with van der Waals surface area (Å²) in [5, 5.41) is 4.17. The molecule has 0 fully saturated rings. The van der Waals surface area contributed by atoms with Crippen molar-refractivity contribution >= 4 is 44.7 Å². The van der Waals surface area contributed by atoms with Gasteiger partial charge in [-0.2, -0.15) is 0 Å². The number of methoxy groups -OCH3 is 1. The van der Waals surface area contributed by atoms with E-state index in [1.54, 1.807) is 42.7 Å². The average molecular weight is 425 g/mol. The zero-order chi connectivity index (χ0) is 20.2. The molecule has 146 valence electrons. The predicted octanol–water partition coefficient (Wildman–Crippen LogP) is 5.64. The Hall–Kier alpha value is -3.09. The van der Waals surface area contributed by atoms with E-state index in [0.29, 0.717) is 22.2 Å². The van der Waals surface area contributed by atoms with Crippen molar-refractivity contribution in [3.8, 4) is 22.1 Å². The number of carbonyl (C=O) groups excluding carboxylic acids is 1. The highest BCUT2D eigenvalue weighted by atomic mass is 35.5. The number of aromatic nitrogens is 1. The van der Waals surface area contributed by atoms with Gasteiger partial charge in [-0.3, -0.25) is 4.79 Å². The fourth-order valence-corrected chi connectivity index (χ4v) is 3.98. The zero-order valence-corrected chi connectivity index (χ0v) is 17.1. The van der Waals surface area contributed by atoms with Crippen molar-refractivity contribution < 1.29 is 14.3 Å². The normalized spacial score (nSPS) is 10.7. The van der Waals surface area contributed by atoms with E-state index in [2.05, 4.69) is 10.3 Å². The molecule has 1 N–H and O–H groups in total. The summed E-state index contributed by atoms with van der Waals surface area (Å²) in [5.41, 5.74) is 2.40. The second-order valence-electron chi connectivity index (χ2n) is 6.17. The number of para-hydroxylation sites is 2. The van der Waals surface area contributed by atoms with E-state index in [-0.39, 0.29) is 12.5 Å². The van der Waals surface area contributed by atoms with Crippen LogP contribution in [0.1, 0.15) is 0 Å². The summed E-state index contributed by atoms with van der Waals surface area (Å²) in [4.78, 5) is 17.1. The van der Waals surface area contributed by atoms with Gasteiger partial charge in [0.15, 0.2) is 6.61 Å². The van der Waals surface area contributed by atoms with Crippen molar-refractivity contribution in [2.75, 3.05) is 19.0 Å². The van der Waals surface area contributed by atoms with Crippen LogP contribution in [0.5, 0.6) is 11.5 Å². The van der Waals surface area contributed by atoms with Gasteiger partial charge in [0.1, 0.15) is 16.5 Å². The van der Waals surface area contributed by atoms with E-state index >= 15 is 0 Å². The van der Waals surface area contributed by atoms with Crippen LogP contribution in [0.15, 0.2) is 66.7 Å². The molecular weight excluding hydrogens is 408 g/mol. The standard InChI is InChI=1S/C22H17ClN2O3S/c1-27-19-11-10-14(22-25-16-7-3-5-9-20(16)29-22)12-17(19)24-21(26)13-28-18-8-4-2-6-15(18)23/h2-12H,13H2,1H3,(H,24,26). The molecule has 0 aliphatic carbocycles. The third-order valence-corrected chi connectivity index (χ3v) is 5.61. The topological polar surface area (TPSA) is 60.5 Å². The molecule has 0 aliphatic rings. The Morgan fingerprint density at radius 2 is 1.86 bits per heavy atom. The molecule has 5 nitrogen and oxygen atoms in total. The molecule has 4 rings (SSSR count). The Morgan fingerprint density at radius 3 is 2.66 bits per heavy atom. The maximum Gasteiger partial charge on any atom is 0.262 e. The number of anilines is 1. The van der Waals surface area contributed by atoms with Crippen molar-refractivity contribution in [3.05, 3.63) is 71.8 Å². The molecule has 1 aromatic heterocycles. The molecular formula is C22H17ClN2O3S. The maximum atomic E-state index is 12.4. The van der Waals surface area contributed by atoms with Crippen LogP contribution in [0.25, 0.3) is 20.8 Å². The molecule has 4 aromatic rings. The number of amides is 1. The van der Waals surface area contributed by atoms with Crippen molar-refractivity contribution in [2.24, 2.45) is 0 Å². The molecule has 0 saturated heterocycles. The monoisotopic (exact) mass is 424 g/mol. The van der Waals surface area contributed by atoms with Gasteiger partial charge in [0.25, 0.3) is 5.91 Å². The molecule has 0 aliphatic heterocycles. The number of hydrogen-bond donors (Lipinski definition) is 1. The Labute approximate surface area is 176 Å². The fraction of sp³-hybridized carbons (Fsp3) is 0.0909. The van der Waals surface area contributed by atoms with Crippen LogP contribution in [0.4, 0.5) is 5.69 Å². The van der Waals surface area contributed by atoms with Crippen LogP contribution in [-0.2, 0) is 4.79 Å². The van der Waals surface area contributed by atoms with E-state index in [4.69, 9.17) is 21.1 Å². The number of hydrogen-bond acceptors (Lipinski definition) is 5. The minimum Gasteiger partial charge on any atom is -0.495 e. The van der Waals surface area contributed by atoms with Gasteiger partial charge in [-0.15, -0.1) is 11.3 Å². The first kappa shape index (κ1) is 19.2. The highest BCUT2D eigenvalue weighted by Gasteiger charge is 2.13. The lowest BCUT2D eigenvalue weighted by atomic mass is 10.2. The van der Waals surface area contributed by atoms with Gasteiger partial charge in [0.05, 0.1) is 28.0 Å². The molecule has 0 spiro atoms. The van der Waals surface area contributed by atoms with Gasteiger partial charge in [-0.1, -0.05) is 35.9 Å². The first-order chi connectivity index (χ1) is 14.1. The summed E-state index contributed by atoms with van der Waals surface area (Å²) in [6.07, 6.45) is 0. The van der Waals surface area contributed by atoms with Crippen LogP contribution < -0.4 is 14.8 Å². The largest absolute Gasteiger partial charge is 0.495 e. The van der Waals surface area contributed by atoms with Crippen molar-refractivity contribution in [1.82, 2.24) is 4.98 Å². The van der Waals surface area contributed by atoms with Gasteiger partial charge >= 0.3 is 0 Å². The Balaban J connectivity index is 1.53. The molecule has 0 unspecified atom stereocenters. The van der Waals surface area contributed by atoms with Gasteiger partial charge in [0.2, 0.25) is 0 Å². The molecule has 3 aromatic carbocycles. The highest BCUT2D eigenvalue weighted by molar-refractivity contribution is 7.21. The molecule has 0 atom stereocenters. The van der Waals surface area contributed by atoms with Crippen LogP contribution in [-0.4, -0.2) is 24.6 Å². The van der Waals surface area contributed by atoms with E-state index < -0.39 is 0 Å². The van der Waals surface area contributed by atoms with Gasteiger partial charge in [-0.25, -0.2) is 4.98 Å². The Kier molecular flexibility index (Phi) is 5.64. The van der Waals surface area contributed by atoms with Crippen LogP contribution in [0.3, 0.4) is 0 Å². The second kappa shape index (κ2) is 8.51. The minimum atomic E-state index is -0.315. The van der Waals surface area contributed by atoms with Crippen molar-refractivity contribution in [2.45, 2.75) is 0 Å². The number of benzene rings is 3. The molecule has 29 heavy (non-hydrogen) atoms. The Morgan fingerprint density at radius 1 is 1.07 bits per heavy atom. The zero-order valence-electron chi connectivity index (χ0n) is 15.5.